The number of ketones is 1. The molecule has 7 nitrogen and oxygen atoms in total. The largest absolute Gasteiger partial charge is 0.384 e. The highest BCUT2D eigenvalue weighted by atomic mass is 16.2. The standard InChI is InChI=1S/C19H24N4O3/c1-2-22-18(25)16(15(24)13-21-10-6-7-11-21)17(20)23(19(22)26)12-14-8-4-3-5-9-14/h3-5,8-9H,2,6-7,10-13,20H2,1H3/p+1. The molecule has 26 heavy (non-hydrogen) atoms. The van der Waals surface area contributed by atoms with Crippen LogP contribution < -0.4 is 21.9 Å². The van der Waals surface area contributed by atoms with Gasteiger partial charge in [-0.2, -0.15) is 0 Å². The summed E-state index contributed by atoms with van der Waals surface area (Å²) in [5.74, 6) is -0.314. The van der Waals surface area contributed by atoms with E-state index in [1.807, 2.05) is 30.3 Å². The van der Waals surface area contributed by atoms with E-state index in [1.54, 1.807) is 6.92 Å². The number of nitrogen functional groups attached to an aromatic ring is 1. The number of hydrogen-bond acceptors (Lipinski definition) is 4. The van der Waals surface area contributed by atoms with Crippen molar-refractivity contribution >= 4 is 11.6 Å². The first-order valence-electron chi connectivity index (χ1n) is 9.06. The summed E-state index contributed by atoms with van der Waals surface area (Å²) in [5, 5.41) is 0. The van der Waals surface area contributed by atoms with Crippen molar-refractivity contribution in [1.82, 2.24) is 9.13 Å². The number of nitrogens with zero attached hydrogens (tertiary/aromatic N) is 2. The molecule has 7 heteroatoms. The number of rotatable bonds is 6. The van der Waals surface area contributed by atoms with E-state index in [-0.39, 0.29) is 36.8 Å². The Kier molecular flexibility index (Phi) is 5.37. The number of benzene rings is 1. The fourth-order valence-corrected chi connectivity index (χ4v) is 3.54. The van der Waals surface area contributed by atoms with Gasteiger partial charge in [0.15, 0.2) is 0 Å². The summed E-state index contributed by atoms with van der Waals surface area (Å²) in [6.45, 7) is 4.24. The summed E-state index contributed by atoms with van der Waals surface area (Å²) in [5.41, 5.74) is 5.91. The number of quaternary nitrogens is 1. The maximum Gasteiger partial charge on any atom is 0.332 e. The molecule has 0 spiro atoms. The lowest BCUT2D eigenvalue weighted by Crippen LogP contribution is -3.10. The molecule has 0 unspecified atom stereocenters. The van der Waals surface area contributed by atoms with E-state index in [1.165, 1.54) is 4.57 Å². The number of carbonyl (C=O) groups excluding carboxylic acids is 1. The molecule has 1 aromatic carbocycles. The van der Waals surface area contributed by atoms with Crippen LogP contribution >= 0.6 is 0 Å². The maximum atomic E-state index is 12.8. The highest BCUT2D eigenvalue weighted by Gasteiger charge is 2.26. The van der Waals surface area contributed by atoms with Gasteiger partial charge in [0.1, 0.15) is 17.9 Å². The van der Waals surface area contributed by atoms with Gasteiger partial charge in [0, 0.05) is 19.4 Å². The quantitative estimate of drug-likeness (QED) is 0.683. The number of likely N-dealkylation sites (tertiary alicyclic amines) is 1. The summed E-state index contributed by atoms with van der Waals surface area (Å²) in [7, 11) is 0. The van der Waals surface area contributed by atoms with Crippen LogP contribution in [-0.2, 0) is 13.1 Å². The van der Waals surface area contributed by atoms with E-state index in [4.69, 9.17) is 5.73 Å². The van der Waals surface area contributed by atoms with E-state index >= 15 is 0 Å². The average molecular weight is 357 g/mol. The van der Waals surface area contributed by atoms with Crippen molar-refractivity contribution in [3.05, 3.63) is 62.3 Å². The van der Waals surface area contributed by atoms with Gasteiger partial charge < -0.3 is 10.6 Å². The molecule has 1 fully saturated rings. The molecule has 138 valence electrons. The van der Waals surface area contributed by atoms with E-state index in [0.717, 1.165) is 41.0 Å². The van der Waals surface area contributed by atoms with Crippen molar-refractivity contribution in [1.29, 1.82) is 0 Å². The third kappa shape index (κ3) is 3.48. The molecule has 2 aromatic rings. The summed E-state index contributed by atoms with van der Waals surface area (Å²) in [6.07, 6.45) is 2.18. The van der Waals surface area contributed by atoms with Crippen LogP contribution in [0.1, 0.15) is 35.7 Å². The normalized spacial score (nSPS) is 14.7. The minimum atomic E-state index is -0.581. The van der Waals surface area contributed by atoms with Crippen molar-refractivity contribution < 1.29 is 9.69 Å². The Bertz CT molecular complexity index is 909. The van der Waals surface area contributed by atoms with Crippen LogP contribution in [0.15, 0.2) is 39.9 Å². The van der Waals surface area contributed by atoms with Crippen LogP contribution in [0.25, 0.3) is 0 Å². The molecule has 0 amide bonds. The first-order valence-corrected chi connectivity index (χ1v) is 9.06. The maximum absolute atomic E-state index is 12.8. The summed E-state index contributed by atoms with van der Waals surface area (Å²) in [6, 6.07) is 9.38. The molecule has 1 aliphatic rings. The Hall–Kier alpha value is -2.67. The molecule has 1 aliphatic heterocycles. The molecule has 0 atom stereocenters. The second-order valence-electron chi connectivity index (χ2n) is 6.72. The number of carbonyl (C=O) groups is 1. The highest BCUT2D eigenvalue weighted by molar-refractivity contribution is 6.00. The first kappa shape index (κ1) is 18.1. The van der Waals surface area contributed by atoms with Crippen LogP contribution in [-0.4, -0.2) is 34.6 Å². The second kappa shape index (κ2) is 7.70. The Morgan fingerprint density at radius 3 is 2.38 bits per heavy atom. The summed E-state index contributed by atoms with van der Waals surface area (Å²) in [4.78, 5) is 39.4. The van der Waals surface area contributed by atoms with E-state index in [2.05, 4.69) is 0 Å². The number of anilines is 1. The van der Waals surface area contributed by atoms with Crippen molar-refractivity contribution in [2.24, 2.45) is 0 Å². The van der Waals surface area contributed by atoms with Crippen molar-refractivity contribution in [2.45, 2.75) is 32.9 Å². The van der Waals surface area contributed by atoms with E-state index in [0.29, 0.717) is 0 Å². The average Bonchev–Trinajstić information content (AvgIpc) is 3.13. The molecule has 0 radical (unpaired) electrons. The fourth-order valence-electron chi connectivity index (χ4n) is 3.54. The summed E-state index contributed by atoms with van der Waals surface area (Å²) < 4.78 is 2.42. The Morgan fingerprint density at radius 2 is 1.77 bits per heavy atom. The predicted octanol–water partition coefficient (Wildman–Crippen LogP) is -0.478. The predicted molar refractivity (Wildman–Crippen MR) is 99.7 cm³/mol. The molecule has 1 saturated heterocycles. The number of hydrogen-bond donors (Lipinski definition) is 2. The Balaban J connectivity index is 2.05. The van der Waals surface area contributed by atoms with Gasteiger partial charge in [-0.25, -0.2) is 4.79 Å². The molecule has 0 saturated carbocycles. The Morgan fingerprint density at radius 1 is 1.12 bits per heavy atom. The smallest absolute Gasteiger partial charge is 0.332 e. The zero-order valence-corrected chi connectivity index (χ0v) is 15.0. The van der Waals surface area contributed by atoms with Gasteiger partial charge in [0.25, 0.3) is 5.56 Å². The van der Waals surface area contributed by atoms with Crippen molar-refractivity contribution in [3.8, 4) is 0 Å². The summed E-state index contributed by atoms with van der Waals surface area (Å²) >= 11 is 0. The van der Waals surface area contributed by atoms with E-state index < -0.39 is 11.2 Å². The van der Waals surface area contributed by atoms with Crippen LogP contribution in [0.3, 0.4) is 0 Å². The molecule has 1 aromatic heterocycles. The number of aromatic nitrogens is 2. The molecule has 0 bridgehead atoms. The van der Waals surface area contributed by atoms with Crippen LogP contribution in [0.2, 0.25) is 0 Å². The molecule has 3 rings (SSSR count). The van der Waals surface area contributed by atoms with Crippen molar-refractivity contribution in [2.75, 3.05) is 25.4 Å². The number of Topliss-reactive ketones (excluding diaryl/α,β-unsaturated/α-hetero) is 1. The zero-order chi connectivity index (χ0) is 18.7. The molecular formula is C19H25N4O3+. The Labute approximate surface area is 151 Å². The molecule has 2 heterocycles. The van der Waals surface area contributed by atoms with Gasteiger partial charge in [0.2, 0.25) is 5.78 Å². The van der Waals surface area contributed by atoms with Gasteiger partial charge in [0.05, 0.1) is 19.6 Å². The zero-order valence-electron chi connectivity index (χ0n) is 15.0. The SMILES string of the molecule is CCn1c(=O)c(C(=O)C[NH+]2CCCC2)c(N)n(Cc2ccccc2)c1=O. The number of nitrogens with one attached hydrogen (secondary N) is 1. The van der Waals surface area contributed by atoms with E-state index in [9.17, 15) is 14.4 Å². The lowest BCUT2D eigenvalue weighted by Gasteiger charge is -2.17. The third-order valence-electron chi connectivity index (χ3n) is 4.97. The van der Waals surface area contributed by atoms with Gasteiger partial charge >= 0.3 is 5.69 Å². The fraction of sp³-hybridized carbons (Fsp3) is 0.421. The van der Waals surface area contributed by atoms with Gasteiger partial charge in [-0.1, -0.05) is 30.3 Å². The lowest BCUT2D eigenvalue weighted by molar-refractivity contribution is -0.878. The lowest BCUT2D eigenvalue weighted by atomic mass is 10.1. The van der Waals surface area contributed by atoms with Gasteiger partial charge in [-0.15, -0.1) is 0 Å². The molecule has 3 N–H and O–H groups in total. The third-order valence-corrected chi connectivity index (χ3v) is 4.97. The first-order chi connectivity index (χ1) is 12.5. The van der Waals surface area contributed by atoms with Gasteiger partial charge in [-0.05, 0) is 12.5 Å². The van der Waals surface area contributed by atoms with Crippen LogP contribution in [0.4, 0.5) is 5.82 Å². The van der Waals surface area contributed by atoms with Crippen molar-refractivity contribution in [3.63, 3.8) is 0 Å². The van der Waals surface area contributed by atoms with Crippen LogP contribution in [0.5, 0.6) is 0 Å². The minimum absolute atomic E-state index is 0.0304. The molecule has 0 aliphatic carbocycles. The highest BCUT2D eigenvalue weighted by Crippen LogP contribution is 2.09. The number of nitrogens with two attached hydrogens (primary N) is 1. The van der Waals surface area contributed by atoms with Crippen LogP contribution in [0, 0.1) is 0 Å². The minimum Gasteiger partial charge on any atom is -0.384 e. The van der Waals surface area contributed by atoms with Gasteiger partial charge in [-0.3, -0.25) is 18.7 Å². The topological polar surface area (TPSA) is 91.5 Å². The molecular weight excluding hydrogens is 332 g/mol. The monoisotopic (exact) mass is 357 g/mol. The second-order valence-corrected chi connectivity index (χ2v) is 6.72.